The third-order valence-electron chi connectivity index (χ3n) is 6.08. The zero-order valence-corrected chi connectivity index (χ0v) is 19.5. The zero-order valence-electron chi connectivity index (χ0n) is 19.5. The van der Waals surface area contributed by atoms with Crippen LogP contribution in [0.25, 0.3) is 0 Å². The molecule has 0 aliphatic carbocycles. The number of fused-ring (bicyclic) bond motifs is 1. The van der Waals surface area contributed by atoms with Crippen LogP contribution >= 0.6 is 0 Å². The highest BCUT2D eigenvalue weighted by Gasteiger charge is 2.28. The second kappa shape index (κ2) is 11.2. The predicted molar refractivity (Wildman–Crippen MR) is 129 cm³/mol. The Balaban J connectivity index is 1.37. The molecule has 0 spiro atoms. The number of ketones is 1. The Labute approximate surface area is 199 Å². The molecule has 0 saturated carbocycles. The van der Waals surface area contributed by atoms with Crippen LogP contribution in [0, 0.1) is 6.92 Å². The maximum Gasteiger partial charge on any atom is 0.265 e. The Morgan fingerprint density at radius 2 is 1.91 bits per heavy atom. The van der Waals surface area contributed by atoms with Gasteiger partial charge in [0.25, 0.3) is 5.91 Å². The Morgan fingerprint density at radius 3 is 2.71 bits per heavy atom. The van der Waals surface area contributed by atoms with Crippen molar-refractivity contribution in [3.05, 3.63) is 53.6 Å². The van der Waals surface area contributed by atoms with E-state index in [9.17, 15) is 14.4 Å². The SMILES string of the molecule is Cc1cccc(OCC(=O)c2ccc3c(c2)N(CC(=O)NCCN2CCCCC2)C(=O)CO3)c1. The molecule has 8 heteroatoms. The van der Waals surface area contributed by atoms with E-state index in [1.807, 2.05) is 25.1 Å². The molecule has 4 rings (SSSR count). The van der Waals surface area contributed by atoms with Gasteiger partial charge in [-0.05, 0) is 68.8 Å². The average Bonchev–Trinajstić information content (AvgIpc) is 2.85. The molecule has 8 nitrogen and oxygen atoms in total. The summed E-state index contributed by atoms with van der Waals surface area (Å²) in [5, 5.41) is 2.91. The van der Waals surface area contributed by atoms with Crippen LogP contribution in [0.3, 0.4) is 0 Å². The molecular weight excluding hydrogens is 434 g/mol. The number of nitrogens with zero attached hydrogens (tertiary/aromatic N) is 2. The van der Waals surface area contributed by atoms with Crippen molar-refractivity contribution in [2.45, 2.75) is 26.2 Å². The minimum absolute atomic E-state index is 0.118. The number of carbonyl (C=O) groups excluding carboxylic acids is 3. The second-order valence-corrected chi connectivity index (χ2v) is 8.73. The van der Waals surface area contributed by atoms with Gasteiger partial charge in [0.1, 0.15) is 18.0 Å². The quantitative estimate of drug-likeness (QED) is 0.573. The molecule has 2 heterocycles. The molecule has 34 heavy (non-hydrogen) atoms. The zero-order chi connectivity index (χ0) is 23.9. The highest BCUT2D eigenvalue weighted by molar-refractivity contribution is 6.04. The summed E-state index contributed by atoms with van der Waals surface area (Å²) in [6.45, 7) is 5.04. The summed E-state index contributed by atoms with van der Waals surface area (Å²) in [5.41, 5.74) is 1.85. The van der Waals surface area contributed by atoms with Gasteiger partial charge in [-0.2, -0.15) is 0 Å². The second-order valence-electron chi connectivity index (χ2n) is 8.73. The van der Waals surface area contributed by atoms with Gasteiger partial charge in [0.05, 0.1) is 5.69 Å². The highest BCUT2D eigenvalue weighted by Crippen LogP contribution is 2.33. The van der Waals surface area contributed by atoms with Crippen LogP contribution in [0.15, 0.2) is 42.5 Å². The molecule has 1 saturated heterocycles. The number of rotatable bonds is 9. The fraction of sp³-hybridized carbons (Fsp3) is 0.423. The van der Waals surface area contributed by atoms with Gasteiger partial charge < -0.3 is 19.7 Å². The predicted octanol–water partition coefficient (Wildman–Crippen LogP) is 2.58. The summed E-state index contributed by atoms with van der Waals surface area (Å²) in [7, 11) is 0. The van der Waals surface area contributed by atoms with E-state index in [2.05, 4.69) is 10.2 Å². The molecule has 2 aromatic carbocycles. The monoisotopic (exact) mass is 465 g/mol. The maximum atomic E-state index is 12.7. The summed E-state index contributed by atoms with van der Waals surface area (Å²) in [6.07, 6.45) is 3.66. The lowest BCUT2D eigenvalue weighted by molar-refractivity contribution is -0.125. The van der Waals surface area contributed by atoms with E-state index in [0.29, 0.717) is 29.3 Å². The van der Waals surface area contributed by atoms with Crippen molar-refractivity contribution in [2.24, 2.45) is 0 Å². The molecular formula is C26H31N3O5. The first kappa shape index (κ1) is 23.8. The first-order valence-electron chi connectivity index (χ1n) is 11.8. The molecule has 0 radical (unpaired) electrons. The summed E-state index contributed by atoms with van der Waals surface area (Å²) in [5.74, 6) is 0.301. The molecule has 0 aromatic heterocycles. The fourth-order valence-corrected chi connectivity index (χ4v) is 4.22. The number of hydrogen-bond acceptors (Lipinski definition) is 6. The Bertz CT molecular complexity index is 1050. The fourth-order valence-electron chi connectivity index (χ4n) is 4.22. The van der Waals surface area contributed by atoms with Crippen molar-refractivity contribution < 1.29 is 23.9 Å². The van der Waals surface area contributed by atoms with Crippen molar-refractivity contribution in [3.8, 4) is 11.5 Å². The summed E-state index contributed by atoms with van der Waals surface area (Å²) >= 11 is 0. The number of piperidine rings is 1. The molecule has 2 amide bonds. The summed E-state index contributed by atoms with van der Waals surface area (Å²) in [6, 6.07) is 12.4. The minimum atomic E-state index is -0.320. The average molecular weight is 466 g/mol. The smallest absolute Gasteiger partial charge is 0.265 e. The lowest BCUT2D eigenvalue weighted by Crippen LogP contribution is -2.46. The summed E-state index contributed by atoms with van der Waals surface area (Å²) in [4.78, 5) is 41.6. The largest absolute Gasteiger partial charge is 0.485 e. The number of benzene rings is 2. The number of anilines is 1. The van der Waals surface area contributed by atoms with Crippen LogP contribution in [-0.4, -0.2) is 68.4 Å². The van der Waals surface area contributed by atoms with Crippen LogP contribution in [0.4, 0.5) is 5.69 Å². The van der Waals surface area contributed by atoms with Crippen LogP contribution in [-0.2, 0) is 9.59 Å². The van der Waals surface area contributed by atoms with Crippen molar-refractivity contribution in [1.29, 1.82) is 0 Å². The molecule has 1 fully saturated rings. The van der Waals surface area contributed by atoms with E-state index in [0.717, 1.165) is 25.2 Å². The number of hydrogen-bond donors (Lipinski definition) is 1. The topological polar surface area (TPSA) is 88.2 Å². The van der Waals surface area contributed by atoms with Gasteiger partial charge in [-0.1, -0.05) is 18.6 Å². The van der Waals surface area contributed by atoms with E-state index >= 15 is 0 Å². The van der Waals surface area contributed by atoms with Gasteiger partial charge in [-0.3, -0.25) is 19.3 Å². The van der Waals surface area contributed by atoms with Crippen LogP contribution in [0.1, 0.15) is 35.2 Å². The standard InChI is InChI=1S/C26H31N3O5/c1-19-6-5-7-21(14-19)33-17-23(30)20-8-9-24-22(15-20)29(26(32)18-34-24)16-25(31)27-10-13-28-11-3-2-4-12-28/h5-9,14-15H,2-4,10-13,16-18H2,1H3,(H,27,31). The molecule has 180 valence electrons. The number of amides is 2. The molecule has 1 N–H and O–H groups in total. The number of carbonyl (C=O) groups is 3. The molecule has 2 aliphatic heterocycles. The van der Waals surface area contributed by atoms with E-state index in [1.54, 1.807) is 24.3 Å². The third kappa shape index (κ3) is 6.14. The van der Waals surface area contributed by atoms with Crippen LogP contribution in [0.2, 0.25) is 0 Å². The summed E-state index contributed by atoms with van der Waals surface area (Å²) < 4.78 is 11.1. The maximum absolute atomic E-state index is 12.7. The first-order valence-corrected chi connectivity index (χ1v) is 11.8. The Kier molecular flexibility index (Phi) is 7.80. The van der Waals surface area contributed by atoms with Gasteiger partial charge in [-0.15, -0.1) is 0 Å². The van der Waals surface area contributed by atoms with Gasteiger partial charge in [0, 0.05) is 18.7 Å². The number of Topliss-reactive ketones (excluding diaryl/α,β-unsaturated/α-hetero) is 1. The minimum Gasteiger partial charge on any atom is -0.485 e. The number of likely N-dealkylation sites (tertiary alicyclic amines) is 1. The van der Waals surface area contributed by atoms with Crippen molar-refractivity contribution in [3.63, 3.8) is 0 Å². The first-order chi connectivity index (χ1) is 16.5. The lowest BCUT2D eigenvalue weighted by atomic mass is 10.1. The van der Waals surface area contributed by atoms with Crippen molar-refractivity contribution >= 4 is 23.3 Å². The van der Waals surface area contributed by atoms with E-state index in [-0.39, 0.29) is 37.4 Å². The number of nitrogens with one attached hydrogen (secondary N) is 1. The van der Waals surface area contributed by atoms with Crippen LogP contribution < -0.4 is 19.7 Å². The Morgan fingerprint density at radius 1 is 1.09 bits per heavy atom. The van der Waals surface area contributed by atoms with Crippen LogP contribution in [0.5, 0.6) is 11.5 Å². The van der Waals surface area contributed by atoms with Crippen molar-refractivity contribution in [1.82, 2.24) is 10.2 Å². The molecule has 2 aromatic rings. The Hall–Kier alpha value is -3.39. The van der Waals surface area contributed by atoms with Gasteiger partial charge in [-0.25, -0.2) is 0 Å². The highest BCUT2D eigenvalue weighted by atomic mass is 16.5. The molecule has 0 unspecified atom stereocenters. The van der Waals surface area contributed by atoms with E-state index in [1.165, 1.54) is 24.2 Å². The molecule has 0 bridgehead atoms. The van der Waals surface area contributed by atoms with Gasteiger partial charge >= 0.3 is 0 Å². The van der Waals surface area contributed by atoms with E-state index in [4.69, 9.17) is 9.47 Å². The number of ether oxygens (including phenoxy) is 2. The van der Waals surface area contributed by atoms with Crippen molar-refractivity contribution in [2.75, 3.05) is 50.8 Å². The number of aryl methyl sites for hydroxylation is 1. The molecule has 2 aliphatic rings. The van der Waals surface area contributed by atoms with Gasteiger partial charge in [0.2, 0.25) is 5.91 Å². The van der Waals surface area contributed by atoms with E-state index < -0.39 is 0 Å². The third-order valence-corrected chi connectivity index (χ3v) is 6.08. The lowest BCUT2D eigenvalue weighted by Gasteiger charge is -2.29. The molecule has 0 atom stereocenters. The van der Waals surface area contributed by atoms with Gasteiger partial charge in [0.15, 0.2) is 19.0 Å². The normalized spacial score (nSPS) is 15.9.